The number of rotatable bonds is 2. The molecule has 1 aromatic carbocycles. The second-order valence-corrected chi connectivity index (χ2v) is 2.50. The Morgan fingerprint density at radius 3 is 2.38 bits per heavy atom. The molecule has 0 saturated heterocycles. The Morgan fingerprint density at radius 1 is 1.38 bits per heavy atom. The minimum atomic E-state index is -0.778. The minimum absolute atomic E-state index is 0.118. The van der Waals surface area contributed by atoms with E-state index in [2.05, 4.69) is 5.73 Å². The second kappa shape index (κ2) is 6.20. The molecule has 3 heteroatoms. The first-order chi connectivity index (χ1) is 6.20. The van der Waals surface area contributed by atoms with Gasteiger partial charge in [0.05, 0.1) is 6.42 Å². The van der Waals surface area contributed by atoms with E-state index in [1.165, 1.54) is 7.05 Å². The van der Waals surface area contributed by atoms with Crippen molar-refractivity contribution in [1.82, 2.24) is 0 Å². The van der Waals surface area contributed by atoms with Crippen LogP contribution >= 0.6 is 0 Å². The first-order valence-corrected chi connectivity index (χ1v) is 4.04. The molecule has 0 heterocycles. The lowest BCUT2D eigenvalue weighted by Gasteiger charge is -1.99. The van der Waals surface area contributed by atoms with Crippen LogP contribution in [-0.2, 0) is 11.2 Å². The topological polar surface area (TPSA) is 63.3 Å². The highest BCUT2D eigenvalue weighted by Crippen LogP contribution is 2.06. The molecule has 0 radical (unpaired) electrons. The number of carbonyl (C=O) groups is 1. The molecule has 0 spiro atoms. The summed E-state index contributed by atoms with van der Waals surface area (Å²) in [6.07, 6.45) is 0.118. The summed E-state index contributed by atoms with van der Waals surface area (Å²) in [5, 5.41) is 8.49. The van der Waals surface area contributed by atoms with Gasteiger partial charge < -0.3 is 10.8 Å². The van der Waals surface area contributed by atoms with E-state index in [4.69, 9.17) is 5.11 Å². The van der Waals surface area contributed by atoms with Gasteiger partial charge in [-0.1, -0.05) is 24.3 Å². The van der Waals surface area contributed by atoms with Crippen LogP contribution < -0.4 is 5.73 Å². The number of benzene rings is 1. The summed E-state index contributed by atoms with van der Waals surface area (Å²) in [4.78, 5) is 10.3. The van der Waals surface area contributed by atoms with Crippen molar-refractivity contribution >= 4 is 5.97 Å². The predicted octanol–water partition coefficient (Wildman–Crippen LogP) is 1.20. The SMILES string of the molecule is CN.Cc1ccccc1CC(=O)O. The summed E-state index contributed by atoms with van der Waals surface area (Å²) < 4.78 is 0. The van der Waals surface area contributed by atoms with Crippen molar-refractivity contribution in [2.45, 2.75) is 13.3 Å². The van der Waals surface area contributed by atoms with Crippen LogP contribution in [0, 0.1) is 6.92 Å². The van der Waals surface area contributed by atoms with Gasteiger partial charge in [-0.05, 0) is 25.1 Å². The maximum Gasteiger partial charge on any atom is 0.307 e. The van der Waals surface area contributed by atoms with Crippen LogP contribution in [0.1, 0.15) is 11.1 Å². The van der Waals surface area contributed by atoms with Crippen LogP contribution in [0.15, 0.2) is 24.3 Å². The molecule has 0 aliphatic carbocycles. The summed E-state index contributed by atoms with van der Waals surface area (Å²) in [7, 11) is 1.50. The van der Waals surface area contributed by atoms with Crippen molar-refractivity contribution < 1.29 is 9.90 Å². The lowest BCUT2D eigenvalue weighted by atomic mass is 10.1. The standard InChI is InChI=1S/C9H10O2.CH5N/c1-7-4-2-3-5-8(7)6-9(10)11;1-2/h2-5H,6H2,1H3,(H,10,11);2H2,1H3. The van der Waals surface area contributed by atoms with E-state index in [9.17, 15) is 4.79 Å². The number of hydrogen-bond donors (Lipinski definition) is 2. The Labute approximate surface area is 78.2 Å². The molecule has 0 aliphatic rings. The molecule has 0 amide bonds. The summed E-state index contributed by atoms with van der Waals surface area (Å²) in [5.41, 5.74) is 6.43. The summed E-state index contributed by atoms with van der Waals surface area (Å²) in [6, 6.07) is 7.51. The largest absolute Gasteiger partial charge is 0.481 e. The predicted molar refractivity (Wildman–Crippen MR) is 52.6 cm³/mol. The van der Waals surface area contributed by atoms with Gasteiger partial charge in [0, 0.05) is 0 Å². The van der Waals surface area contributed by atoms with Crippen molar-refractivity contribution in [3.8, 4) is 0 Å². The summed E-state index contributed by atoms with van der Waals surface area (Å²) >= 11 is 0. The fraction of sp³-hybridized carbons (Fsp3) is 0.300. The Hall–Kier alpha value is -1.35. The van der Waals surface area contributed by atoms with Crippen molar-refractivity contribution in [3.05, 3.63) is 35.4 Å². The van der Waals surface area contributed by atoms with Gasteiger partial charge in [-0.2, -0.15) is 0 Å². The van der Waals surface area contributed by atoms with E-state index in [0.29, 0.717) is 0 Å². The molecular formula is C10H15NO2. The van der Waals surface area contributed by atoms with Gasteiger partial charge in [-0.3, -0.25) is 4.79 Å². The Balaban J connectivity index is 0.000000671. The molecule has 3 N–H and O–H groups in total. The molecule has 0 bridgehead atoms. The van der Waals surface area contributed by atoms with Gasteiger partial charge in [0.25, 0.3) is 0 Å². The zero-order valence-corrected chi connectivity index (χ0v) is 7.95. The van der Waals surface area contributed by atoms with Gasteiger partial charge >= 0.3 is 5.97 Å². The fourth-order valence-corrected chi connectivity index (χ4v) is 0.971. The number of nitrogens with two attached hydrogens (primary N) is 1. The van der Waals surface area contributed by atoms with Gasteiger partial charge in [-0.25, -0.2) is 0 Å². The lowest BCUT2D eigenvalue weighted by molar-refractivity contribution is -0.136. The molecule has 3 nitrogen and oxygen atoms in total. The number of aryl methyl sites for hydroxylation is 1. The summed E-state index contributed by atoms with van der Waals surface area (Å²) in [6.45, 7) is 1.91. The average Bonchev–Trinajstić information content (AvgIpc) is 2.12. The van der Waals surface area contributed by atoms with E-state index >= 15 is 0 Å². The first kappa shape index (κ1) is 11.6. The Bertz CT molecular complexity index is 271. The molecule has 0 unspecified atom stereocenters. The molecule has 0 fully saturated rings. The van der Waals surface area contributed by atoms with Crippen LogP contribution in [0.4, 0.5) is 0 Å². The second-order valence-electron chi connectivity index (χ2n) is 2.50. The van der Waals surface area contributed by atoms with Crippen LogP contribution in [0.5, 0.6) is 0 Å². The lowest BCUT2D eigenvalue weighted by Crippen LogP contribution is -2.01. The van der Waals surface area contributed by atoms with E-state index in [1.807, 2.05) is 31.2 Å². The fourth-order valence-electron chi connectivity index (χ4n) is 0.971. The molecule has 0 aliphatic heterocycles. The third-order valence-corrected chi connectivity index (χ3v) is 1.60. The monoisotopic (exact) mass is 181 g/mol. The number of carboxylic acid groups (broad SMARTS) is 1. The zero-order valence-electron chi connectivity index (χ0n) is 7.95. The minimum Gasteiger partial charge on any atom is -0.481 e. The maximum absolute atomic E-state index is 10.3. The number of aliphatic carboxylic acids is 1. The Kier molecular flexibility index (Phi) is 5.55. The number of carboxylic acids is 1. The molecule has 0 aromatic heterocycles. The van der Waals surface area contributed by atoms with Gasteiger partial charge in [0.2, 0.25) is 0 Å². The third-order valence-electron chi connectivity index (χ3n) is 1.60. The van der Waals surface area contributed by atoms with Crippen LogP contribution in [0.2, 0.25) is 0 Å². The molecule has 0 saturated carbocycles. The summed E-state index contributed by atoms with van der Waals surface area (Å²) in [5.74, 6) is -0.778. The van der Waals surface area contributed by atoms with E-state index < -0.39 is 5.97 Å². The smallest absolute Gasteiger partial charge is 0.307 e. The molecule has 13 heavy (non-hydrogen) atoms. The molecule has 0 atom stereocenters. The van der Waals surface area contributed by atoms with Crippen LogP contribution in [0.3, 0.4) is 0 Å². The normalized spacial score (nSPS) is 8.54. The highest BCUT2D eigenvalue weighted by atomic mass is 16.4. The van der Waals surface area contributed by atoms with Gasteiger partial charge in [0.1, 0.15) is 0 Å². The van der Waals surface area contributed by atoms with Crippen molar-refractivity contribution in [2.24, 2.45) is 5.73 Å². The molecule has 1 rings (SSSR count). The van der Waals surface area contributed by atoms with E-state index in [1.54, 1.807) is 0 Å². The van der Waals surface area contributed by atoms with E-state index in [-0.39, 0.29) is 6.42 Å². The van der Waals surface area contributed by atoms with Crippen molar-refractivity contribution in [3.63, 3.8) is 0 Å². The third kappa shape index (κ3) is 4.28. The molecular weight excluding hydrogens is 166 g/mol. The maximum atomic E-state index is 10.3. The molecule has 1 aromatic rings. The average molecular weight is 181 g/mol. The first-order valence-electron chi connectivity index (χ1n) is 4.04. The van der Waals surface area contributed by atoms with Gasteiger partial charge in [0.15, 0.2) is 0 Å². The quantitative estimate of drug-likeness (QED) is 0.720. The number of hydrogen-bond acceptors (Lipinski definition) is 2. The zero-order chi connectivity index (χ0) is 10.3. The highest BCUT2D eigenvalue weighted by Gasteiger charge is 2.01. The van der Waals surface area contributed by atoms with E-state index in [0.717, 1.165) is 11.1 Å². The van der Waals surface area contributed by atoms with Crippen LogP contribution in [-0.4, -0.2) is 18.1 Å². The van der Waals surface area contributed by atoms with Crippen molar-refractivity contribution in [2.75, 3.05) is 7.05 Å². The molecule has 72 valence electrons. The van der Waals surface area contributed by atoms with Crippen molar-refractivity contribution in [1.29, 1.82) is 0 Å². The Morgan fingerprint density at radius 2 is 1.92 bits per heavy atom. The van der Waals surface area contributed by atoms with Gasteiger partial charge in [-0.15, -0.1) is 0 Å². The van der Waals surface area contributed by atoms with Crippen LogP contribution in [0.25, 0.3) is 0 Å². The highest BCUT2D eigenvalue weighted by molar-refractivity contribution is 5.70.